The molecule has 31 heavy (non-hydrogen) atoms. The number of aryl methyl sites for hydroxylation is 1. The van der Waals surface area contributed by atoms with Crippen molar-refractivity contribution in [2.75, 3.05) is 5.32 Å². The SMILES string of the molecule is Cc1sc(NC(=O)C2CCC3(CC2)NC(=O)NC3=O)nc1-c1cccc2ccccc12. The van der Waals surface area contributed by atoms with Crippen molar-refractivity contribution < 1.29 is 14.4 Å². The molecule has 3 N–H and O–H groups in total. The molecule has 3 aromatic rings. The Labute approximate surface area is 183 Å². The number of anilines is 1. The summed E-state index contributed by atoms with van der Waals surface area (Å²) in [6.07, 6.45) is 2.00. The van der Waals surface area contributed by atoms with Crippen LogP contribution in [0.3, 0.4) is 0 Å². The molecule has 4 amide bonds. The zero-order valence-corrected chi connectivity index (χ0v) is 17.8. The Morgan fingerprint density at radius 2 is 1.87 bits per heavy atom. The van der Waals surface area contributed by atoms with Gasteiger partial charge in [-0.25, -0.2) is 9.78 Å². The highest BCUT2D eigenvalue weighted by atomic mass is 32.1. The van der Waals surface area contributed by atoms with Crippen molar-refractivity contribution in [3.8, 4) is 11.3 Å². The normalized spacial score (nSPS) is 23.1. The molecule has 5 rings (SSSR count). The fourth-order valence-electron chi connectivity index (χ4n) is 4.59. The largest absolute Gasteiger partial charge is 0.323 e. The predicted octanol–water partition coefficient (Wildman–Crippen LogP) is 3.98. The molecule has 1 saturated carbocycles. The second kappa shape index (κ2) is 7.46. The van der Waals surface area contributed by atoms with Crippen LogP contribution < -0.4 is 16.0 Å². The standard InChI is InChI=1S/C23H22N4O3S/c1-13-18(17-8-4-6-14-5-2-3-7-16(14)17)24-22(31-13)25-19(28)15-9-11-23(12-10-15)20(29)26-21(30)27-23/h2-8,15H,9-12H2,1H3,(H,24,25,28)(H2,26,27,29,30). The van der Waals surface area contributed by atoms with Crippen LogP contribution in [-0.2, 0) is 9.59 Å². The first-order chi connectivity index (χ1) is 14.9. The van der Waals surface area contributed by atoms with Crippen molar-refractivity contribution in [3.05, 3.63) is 47.3 Å². The van der Waals surface area contributed by atoms with E-state index in [1.54, 1.807) is 0 Å². The van der Waals surface area contributed by atoms with E-state index >= 15 is 0 Å². The summed E-state index contributed by atoms with van der Waals surface area (Å²) >= 11 is 1.47. The molecule has 2 heterocycles. The Hall–Kier alpha value is -3.26. The number of aromatic nitrogens is 1. The van der Waals surface area contributed by atoms with Gasteiger partial charge < -0.3 is 10.6 Å². The van der Waals surface area contributed by atoms with E-state index in [0.29, 0.717) is 30.8 Å². The average Bonchev–Trinajstić information content (AvgIpc) is 3.26. The van der Waals surface area contributed by atoms with E-state index in [-0.39, 0.29) is 17.7 Å². The van der Waals surface area contributed by atoms with Gasteiger partial charge in [-0.05, 0) is 43.4 Å². The molecule has 0 atom stereocenters. The number of carbonyl (C=O) groups is 3. The summed E-state index contributed by atoms with van der Waals surface area (Å²) in [4.78, 5) is 42.2. The van der Waals surface area contributed by atoms with Gasteiger partial charge in [-0.3, -0.25) is 14.9 Å². The van der Waals surface area contributed by atoms with Gasteiger partial charge in [0.1, 0.15) is 5.54 Å². The van der Waals surface area contributed by atoms with Gasteiger partial charge in [0, 0.05) is 16.4 Å². The molecule has 1 spiro atoms. The van der Waals surface area contributed by atoms with Crippen LogP contribution >= 0.6 is 11.3 Å². The van der Waals surface area contributed by atoms with Gasteiger partial charge in [-0.2, -0.15) is 0 Å². The second-order valence-corrected chi connectivity index (χ2v) is 9.41. The molecule has 0 unspecified atom stereocenters. The molecule has 0 bridgehead atoms. The first kappa shape index (κ1) is 19.7. The van der Waals surface area contributed by atoms with E-state index in [2.05, 4.69) is 40.2 Å². The lowest BCUT2D eigenvalue weighted by atomic mass is 9.76. The van der Waals surface area contributed by atoms with E-state index in [1.165, 1.54) is 11.3 Å². The van der Waals surface area contributed by atoms with Crippen LogP contribution in [0.4, 0.5) is 9.93 Å². The third-order valence-corrected chi connectivity index (χ3v) is 7.18. The third-order valence-electron chi connectivity index (χ3n) is 6.30. The van der Waals surface area contributed by atoms with Crippen LogP contribution in [0.15, 0.2) is 42.5 Å². The van der Waals surface area contributed by atoms with Gasteiger partial charge in [0.25, 0.3) is 5.91 Å². The van der Waals surface area contributed by atoms with Crippen LogP contribution in [0, 0.1) is 12.8 Å². The van der Waals surface area contributed by atoms with Crippen LogP contribution in [0.2, 0.25) is 0 Å². The lowest BCUT2D eigenvalue weighted by Crippen LogP contribution is -2.50. The van der Waals surface area contributed by atoms with Crippen LogP contribution in [-0.4, -0.2) is 28.4 Å². The summed E-state index contributed by atoms with van der Waals surface area (Å²) in [7, 11) is 0. The van der Waals surface area contributed by atoms with Gasteiger partial charge in [-0.15, -0.1) is 11.3 Å². The first-order valence-electron chi connectivity index (χ1n) is 10.4. The molecule has 1 saturated heterocycles. The third kappa shape index (κ3) is 3.46. The van der Waals surface area contributed by atoms with Crippen LogP contribution in [0.25, 0.3) is 22.0 Å². The Kier molecular flexibility index (Phi) is 4.74. The second-order valence-electron chi connectivity index (χ2n) is 8.20. The Bertz CT molecular complexity index is 1210. The minimum Gasteiger partial charge on any atom is -0.323 e. The van der Waals surface area contributed by atoms with Crippen molar-refractivity contribution in [2.24, 2.45) is 5.92 Å². The summed E-state index contributed by atoms with van der Waals surface area (Å²) < 4.78 is 0. The highest BCUT2D eigenvalue weighted by Gasteiger charge is 2.48. The Balaban J connectivity index is 1.31. The monoisotopic (exact) mass is 434 g/mol. The fourth-order valence-corrected chi connectivity index (χ4v) is 5.42. The number of hydrogen-bond acceptors (Lipinski definition) is 5. The summed E-state index contributed by atoms with van der Waals surface area (Å²) in [5, 5.41) is 10.9. The molecule has 7 nitrogen and oxygen atoms in total. The Morgan fingerprint density at radius 3 is 2.61 bits per heavy atom. The molecule has 2 aromatic carbocycles. The fraction of sp³-hybridized carbons (Fsp3) is 0.304. The average molecular weight is 435 g/mol. The maximum Gasteiger partial charge on any atom is 0.322 e. The van der Waals surface area contributed by atoms with Gasteiger partial charge in [0.15, 0.2) is 5.13 Å². The van der Waals surface area contributed by atoms with Crippen molar-refractivity contribution in [1.29, 1.82) is 0 Å². The number of hydrogen-bond donors (Lipinski definition) is 3. The number of thiazole rings is 1. The molecule has 158 valence electrons. The van der Waals surface area contributed by atoms with Gasteiger partial charge in [-0.1, -0.05) is 42.5 Å². The molecular weight excluding hydrogens is 412 g/mol. The number of fused-ring (bicyclic) bond motifs is 1. The molecule has 1 aliphatic heterocycles. The first-order valence-corrected chi connectivity index (χ1v) is 11.2. The van der Waals surface area contributed by atoms with Crippen molar-refractivity contribution >= 4 is 45.1 Å². The topological polar surface area (TPSA) is 100 Å². The molecule has 1 aromatic heterocycles. The Morgan fingerprint density at radius 1 is 1.13 bits per heavy atom. The number of nitrogens with one attached hydrogen (secondary N) is 3. The number of nitrogens with zero attached hydrogens (tertiary/aromatic N) is 1. The molecule has 8 heteroatoms. The lowest BCUT2D eigenvalue weighted by Gasteiger charge is -2.33. The summed E-state index contributed by atoms with van der Waals surface area (Å²) in [5.74, 6) is -0.578. The summed E-state index contributed by atoms with van der Waals surface area (Å²) in [6, 6.07) is 13.9. The molecule has 2 aliphatic rings. The maximum atomic E-state index is 12.9. The number of rotatable bonds is 3. The number of urea groups is 1. The predicted molar refractivity (Wildman–Crippen MR) is 120 cm³/mol. The molecule has 2 fully saturated rings. The van der Waals surface area contributed by atoms with Crippen LogP contribution in [0.1, 0.15) is 30.6 Å². The van der Waals surface area contributed by atoms with E-state index in [4.69, 9.17) is 4.98 Å². The summed E-state index contributed by atoms with van der Waals surface area (Å²) in [6.45, 7) is 2.01. The highest BCUT2D eigenvalue weighted by Crippen LogP contribution is 2.37. The van der Waals surface area contributed by atoms with E-state index in [1.807, 2.05) is 25.1 Å². The highest BCUT2D eigenvalue weighted by molar-refractivity contribution is 7.16. The van der Waals surface area contributed by atoms with E-state index < -0.39 is 11.6 Å². The molecule has 1 aliphatic carbocycles. The minimum atomic E-state index is -0.854. The smallest absolute Gasteiger partial charge is 0.322 e. The number of carbonyl (C=O) groups excluding carboxylic acids is 3. The zero-order valence-electron chi connectivity index (χ0n) is 17.0. The van der Waals surface area contributed by atoms with Crippen molar-refractivity contribution in [3.63, 3.8) is 0 Å². The lowest BCUT2D eigenvalue weighted by molar-refractivity contribution is -0.128. The number of imide groups is 1. The quantitative estimate of drug-likeness (QED) is 0.543. The molecular formula is C23H22N4O3S. The number of benzene rings is 2. The van der Waals surface area contributed by atoms with Crippen molar-refractivity contribution in [1.82, 2.24) is 15.6 Å². The molecule has 0 radical (unpaired) electrons. The van der Waals surface area contributed by atoms with E-state index in [0.717, 1.165) is 26.9 Å². The van der Waals surface area contributed by atoms with E-state index in [9.17, 15) is 14.4 Å². The summed E-state index contributed by atoms with van der Waals surface area (Å²) in [5.41, 5.74) is 1.08. The van der Waals surface area contributed by atoms with Gasteiger partial charge >= 0.3 is 6.03 Å². The van der Waals surface area contributed by atoms with Gasteiger partial charge in [0.05, 0.1) is 5.69 Å². The zero-order chi connectivity index (χ0) is 21.6. The van der Waals surface area contributed by atoms with Crippen LogP contribution in [0.5, 0.6) is 0 Å². The minimum absolute atomic E-state index is 0.0854. The van der Waals surface area contributed by atoms with Gasteiger partial charge in [0.2, 0.25) is 5.91 Å². The number of amides is 4. The van der Waals surface area contributed by atoms with Crippen molar-refractivity contribution in [2.45, 2.75) is 38.1 Å². The maximum absolute atomic E-state index is 12.9.